The SMILES string of the molecule is C(=C\c1ccccc1)/c1ccccc1.C(=C\c1ccccc1)/c1ccccc1.[Br-].[Br-]. The summed E-state index contributed by atoms with van der Waals surface area (Å²) in [6.07, 6.45) is 8.48. The molecule has 4 rings (SSSR count). The first-order chi connectivity index (χ1) is 13.9. The molecule has 0 heterocycles. The van der Waals surface area contributed by atoms with Crippen LogP contribution in [0.15, 0.2) is 121 Å². The van der Waals surface area contributed by atoms with Crippen LogP contribution in [0.1, 0.15) is 22.3 Å². The van der Waals surface area contributed by atoms with Crippen LogP contribution in [0.25, 0.3) is 24.3 Å². The van der Waals surface area contributed by atoms with Gasteiger partial charge in [-0.15, -0.1) is 0 Å². The summed E-state index contributed by atoms with van der Waals surface area (Å²) in [7, 11) is 0. The van der Waals surface area contributed by atoms with Crippen molar-refractivity contribution < 1.29 is 34.0 Å². The lowest BCUT2D eigenvalue weighted by Crippen LogP contribution is -3.00. The van der Waals surface area contributed by atoms with Crippen LogP contribution in [-0.2, 0) is 0 Å². The van der Waals surface area contributed by atoms with Gasteiger partial charge >= 0.3 is 0 Å². The molecule has 0 saturated carbocycles. The zero-order valence-electron chi connectivity index (χ0n) is 16.6. The first-order valence-corrected chi connectivity index (χ1v) is 9.46. The van der Waals surface area contributed by atoms with Gasteiger partial charge in [0.15, 0.2) is 0 Å². The molecule has 0 aromatic heterocycles. The smallest absolute Gasteiger partial charge is 0.0256 e. The van der Waals surface area contributed by atoms with E-state index in [-0.39, 0.29) is 34.0 Å². The van der Waals surface area contributed by atoms with Gasteiger partial charge in [-0.2, -0.15) is 0 Å². The van der Waals surface area contributed by atoms with Gasteiger partial charge in [0.05, 0.1) is 0 Å². The van der Waals surface area contributed by atoms with Gasteiger partial charge in [0, 0.05) is 0 Å². The Morgan fingerprint density at radius 1 is 0.267 bits per heavy atom. The van der Waals surface area contributed by atoms with Gasteiger partial charge < -0.3 is 34.0 Å². The summed E-state index contributed by atoms with van der Waals surface area (Å²) in [5, 5.41) is 0. The highest BCUT2D eigenvalue weighted by atomic mass is 79.9. The van der Waals surface area contributed by atoms with Gasteiger partial charge in [-0.1, -0.05) is 146 Å². The van der Waals surface area contributed by atoms with Gasteiger partial charge in [-0.3, -0.25) is 0 Å². The number of hydrogen-bond donors (Lipinski definition) is 0. The maximum atomic E-state index is 2.12. The molecule has 0 fully saturated rings. The number of benzene rings is 4. The summed E-state index contributed by atoms with van der Waals surface area (Å²) >= 11 is 0. The molecule has 0 aliphatic carbocycles. The second kappa shape index (κ2) is 15.2. The second-order valence-corrected chi connectivity index (χ2v) is 6.31. The van der Waals surface area contributed by atoms with E-state index in [9.17, 15) is 0 Å². The van der Waals surface area contributed by atoms with Crippen LogP contribution >= 0.6 is 0 Å². The molecule has 30 heavy (non-hydrogen) atoms. The molecule has 0 aliphatic heterocycles. The predicted molar refractivity (Wildman–Crippen MR) is 124 cm³/mol. The van der Waals surface area contributed by atoms with E-state index in [1.807, 2.05) is 72.8 Å². The fraction of sp³-hybridized carbons (Fsp3) is 0. The van der Waals surface area contributed by atoms with Crippen LogP contribution in [0.2, 0.25) is 0 Å². The summed E-state index contributed by atoms with van der Waals surface area (Å²) in [4.78, 5) is 0. The summed E-state index contributed by atoms with van der Waals surface area (Å²) in [5.41, 5.74) is 4.93. The van der Waals surface area contributed by atoms with Gasteiger partial charge in [0.2, 0.25) is 0 Å². The molecule has 0 spiro atoms. The Morgan fingerprint density at radius 3 is 0.600 bits per heavy atom. The first kappa shape index (κ1) is 25.4. The Balaban J connectivity index is 0.000000281. The molecule has 0 N–H and O–H groups in total. The Morgan fingerprint density at radius 2 is 0.433 bits per heavy atom. The first-order valence-electron chi connectivity index (χ1n) is 9.46. The largest absolute Gasteiger partial charge is 1.00 e. The van der Waals surface area contributed by atoms with Crippen molar-refractivity contribution in [3.05, 3.63) is 144 Å². The quantitative estimate of drug-likeness (QED) is 0.360. The Hall–Kier alpha value is -2.68. The number of halogens is 2. The average molecular weight is 520 g/mol. The van der Waals surface area contributed by atoms with Gasteiger partial charge in [0.25, 0.3) is 0 Å². The molecule has 0 unspecified atom stereocenters. The van der Waals surface area contributed by atoms with Gasteiger partial charge in [0.1, 0.15) is 0 Å². The second-order valence-electron chi connectivity index (χ2n) is 6.31. The van der Waals surface area contributed by atoms with Crippen molar-refractivity contribution in [3.8, 4) is 0 Å². The van der Waals surface area contributed by atoms with Crippen molar-refractivity contribution in [2.24, 2.45) is 0 Å². The molecule has 2 heteroatoms. The monoisotopic (exact) mass is 518 g/mol. The lowest BCUT2D eigenvalue weighted by Gasteiger charge is -1.92. The summed E-state index contributed by atoms with van der Waals surface area (Å²) in [6.45, 7) is 0. The molecular weight excluding hydrogens is 496 g/mol. The van der Waals surface area contributed by atoms with Crippen molar-refractivity contribution in [2.45, 2.75) is 0 Å². The van der Waals surface area contributed by atoms with Crippen LogP contribution in [-0.4, -0.2) is 0 Å². The van der Waals surface area contributed by atoms with Crippen molar-refractivity contribution in [2.75, 3.05) is 0 Å². The zero-order valence-corrected chi connectivity index (χ0v) is 19.8. The maximum Gasteiger partial charge on any atom is -0.0256 e. The van der Waals surface area contributed by atoms with Crippen molar-refractivity contribution >= 4 is 24.3 Å². The molecule has 0 amide bonds. The van der Waals surface area contributed by atoms with E-state index in [0.717, 1.165) is 0 Å². The Kier molecular flexibility index (Phi) is 12.8. The lowest BCUT2D eigenvalue weighted by molar-refractivity contribution is -0.00100. The molecule has 0 nitrogen and oxygen atoms in total. The topological polar surface area (TPSA) is 0 Å². The Labute approximate surface area is 201 Å². The average Bonchev–Trinajstić information content (AvgIpc) is 2.80. The molecular formula is C28H24Br2-2. The number of hydrogen-bond acceptors (Lipinski definition) is 0. The standard InChI is InChI=1S/2C14H12.2BrH/c2*1-3-7-13(8-4-1)11-12-14-9-5-2-6-10-14;;/h2*1-12H;2*1H/p-2/b2*12-11+;;. The minimum atomic E-state index is 0. The minimum absolute atomic E-state index is 0. The van der Waals surface area contributed by atoms with Crippen molar-refractivity contribution in [1.29, 1.82) is 0 Å². The summed E-state index contributed by atoms with van der Waals surface area (Å²) < 4.78 is 0. The van der Waals surface area contributed by atoms with E-state index >= 15 is 0 Å². The molecule has 4 aromatic carbocycles. The molecule has 0 atom stereocenters. The van der Waals surface area contributed by atoms with Crippen LogP contribution in [0.3, 0.4) is 0 Å². The number of rotatable bonds is 4. The van der Waals surface area contributed by atoms with E-state index < -0.39 is 0 Å². The highest BCUT2D eigenvalue weighted by Gasteiger charge is 1.85. The highest BCUT2D eigenvalue weighted by Crippen LogP contribution is 2.08. The molecule has 152 valence electrons. The molecule has 4 aromatic rings. The fourth-order valence-electron chi connectivity index (χ4n) is 2.64. The molecule has 0 aliphatic rings. The van der Waals surface area contributed by atoms with Gasteiger partial charge in [-0.25, -0.2) is 0 Å². The normalized spacial score (nSPS) is 9.87. The molecule has 0 radical (unpaired) electrons. The third-order valence-electron chi connectivity index (χ3n) is 4.13. The van der Waals surface area contributed by atoms with Crippen LogP contribution in [0.5, 0.6) is 0 Å². The molecule has 0 saturated heterocycles. The zero-order chi connectivity index (χ0) is 19.3. The third-order valence-corrected chi connectivity index (χ3v) is 4.13. The van der Waals surface area contributed by atoms with E-state index in [0.29, 0.717) is 0 Å². The lowest BCUT2D eigenvalue weighted by atomic mass is 10.1. The van der Waals surface area contributed by atoms with Crippen LogP contribution < -0.4 is 34.0 Å². The third kappa shape index (κ3) is 9.69. The van der Waals surface area contributed by atoms with Crippen molar-refractivity contribution in [3.63, 3.8) is 0 Å². The summed E-state index contributed by atoms with van der Waals surface area (Å²) in [6, 6.07) is 41.3. The van der Waals surface area contributed by atoms with E-state index in [1.54, 1.807) is 0 Å². The van der Waals surface area contributed by atoms with Crippen LogP contribution in [0, 0.1) is 0 Å². The maximum absolute atomic E-state index is 2.12. The molecule has 0 bridgehead atoms. The van der Waals surface area contributed by atoms with E-state index in [4.69, 9.17) is 0 Å². The Bertz CT molecular complexity index is 810. The van der Waals surface area contributed by atoms with Crippen LogP contribution in [0.4, 0.5) is 0 Å². The minimum Gasteiger partial charge on any atom is -1.00 e. The highest BCUT2D eigenvalue weighted by molar-refractivity contribution is 5.70. The van der Waals surface area contributed by atoms with E-state index in [2.05, 4.69) is 72.8 Å². The summed E-state index contributed by atoms with van der Waals surface area (Å²) in [5.74, 6) is 0. The van der Waals surface area contributed by atoms with E-state index in [1.165, 1.54) is 22.3 Å². The van der Waals surface area contributed by atoms with Crippen molar-refractivity contribution in [1.82, 2.24) is 0 Å². The van der Waals surface area contributed by atoms with Gasteiger partial charge in [-0.05, 0) is 22.3 Å². The predicted octanol–water partition coefficient (Wildman–Crippen LogP) is 1.72. The fourth-order valence-corrected chi connectivity index (χ4v) is 2.64.